The first-order valence-corrected chi connectivity index (χ1v) is 56.6. The molecule has 4 heteroatoms. The van der Waals surface area contributed by atoms with Crippen molar-refractivity contribution in [2.45, 2.75) is 410 Å². The third-order valence-corrected chi connectivity index (χ3v) is 43.7. The lowest BCUT2D eigenvalue weighted by Crippen LogP contribution is -2.56. The fraction of sp³-hybridized carbons (Fsp3) is 0.639. The van der Waals surface area contributed by atoms with Gasteiger partial charge in [0.2, 0.25) is 0 Å². The van der Waals surface area contributed by atoms with Crippen LogP contribution in [-0.4, -0.2) is 46.3 Å². The zero-order chi connectivity index (χ0) is 94.9. The minimum Gasteiger partial charge on any atom is -0.309 e. The van der Waals surface area contributed by atoms with Gasteiger partial charge in [-0.1, -0.05) is 256 Å². The molecule has 0 saturated heterocycles. The van der Waals surface area contributed by atoms with Crippen LogP contribution in [0.15, 0.2) is 205 Å². The summed E-state index contributed by atoms with van der Waals surface area (Å²) in [7, 11) is 0. The molecule has 12 saturated carbocycles. The molecule has 8 aromatic rings. The smallest absolute Gasteiger partial charge is 0.0110 e. The van der Waals surface area contributed by atoms with E-state index >= 15 is 0 Å². The lowest BCUT2D eigenvalue weighted by molar-refractivity contribution is -0.110. The molecule has 0 amide bonds. The summed E-state index contributed by atoms with van der Waals surface area (Å²) in [6.07, 6.45) is 55.3. The number of nitrogens with one attached hydrogen (secondary N) is 4. The first-order valence-electron chi connectivity index (χ1n) is 56.6. The molecule has 0 unspecified atom stereocenters. The van der Waals surface area contributed by atoms with Gasteiger partial charge in [-0.2, -0.15) is 0 Å². The fourth-order valence-electron chi connectivity index (χ4n) is 37.5. The predicted molar refractivity (Wildman–Crippen MR) is 588 cm³/mol. The van der Waals surface area contributed by atoms with Crippen LogP contribution >= 0.6 is 0 Å². The lowest BCUT2D eigenvalue weighted by Gasteiger charge is -2.61. The summed E-state index contributed by atoms with van der Waals surface area (Å²) in [5, 5.41) is 26.8. The van der Waals surface area contributed by atoms with Crippen molar-refractivity contribution in [3.05, 3.63) is 228 Å². The molecule has 0 spiro atoms. The van der Waals surface area contributed by atoms with Gasteiger partial charge >= 0.3 is 0 Å². The van der Waals surface area contributed by atoms with Crippen LogP contribution in [0.25, 0.3) is 54.2 Å². The van der Waals surface area contributed by atoms with Crippen molar-refractivity contribution < 1.29 is 0 Å². The Kier molecular flexibility index (Phi) is 26.3. The van der Waals surface area contributed by atoms with E-state index in [0.29, 0.717) is 55.4 Å². The van der Waals surface area contributed by atoms with Crippen molar-refractivity contribution in [3.63, 3.8) is 0 Å². The molecule has 137 heavy (non-hydrogen) atoms. The minimum absolute atomic E-state index is 0. The van der Waals surface area contributed by atoms with Crippen LogP contribution < -0.4 is 21.3 Å². The van der Waals surface area contributed by atoms with E-state index in [2.05, 4.69) is 354 Å². The molecular weight excluding hydrogens is 1650 g/mol. The average Bonchev–Trinajstić information content (AvgIpc) is 1.63. The van der Waals surface area contributed by atoms with Crippen molar-refractivity contribution in [1.82, 2.24) is 21.3 Å². The minimum atomic E-state index is 0. The molecule has 24 rings (SSSR count). The number of rotatable bonds is 8. The largest absolute Gasteiger partial charge is 0.309 e. The Hall–Kier alpha value is -6.40. The first-order chi connectivity index (χ1) is 64.7. The van der Waals surface area contributed by atoms with Gasteiger partial charge in [0.25, 0.3) is 0 Å². The van der Waals surface area contributed by atoms with Crippen LogP contribution in [0.3, 0.4) is 0 Å². The van der Waals surface area contributed by atoms with Gasteiger partial charge in [0, 0.05) is 46.3 Å². The van der Waals surface area contributed by atoms with E-state index in [1.165, 1.54) is 260 Å². The monoisotopic (exact) mass is 1840 g/mol. The fourth-order valence-corrected chi connectivity index (χ4v) is 37.5. The Morgan fingerprint density at radius 1 is 0.248 bits per heavy atom. The quantitative estimate of drug-likeness (QED) is 0.115. The Balaban J connectivity index is 0.000000113. The van der Waals surface area contributed by atoms with Gasteiger partial charge in [0.15, 0.2) is 0 Å². The molecule has 4 nitrogen and oxygen atoms in total. The molecule has 0 aromatic heterocycles. The molecule has 12 fully saturated rings. The number of hydrogen-bond donors (Lipinski definition) is 4. The third-order valence-electron chi connectivity index (χ3n) is 43.7. The van der Waals surface area contributed by atoms with Crippen LogP contribution in [0.5, 0.6) is 0 Å². The molecule has 16 aliphatic rings. The number of hydrogen-bond acceptors (Lipinski definition) is 4. The Morgan fingerprint density at radius 3 is 0.964 bits per heavy atom. The Morgan fingerprint density at radius 2 is 0.555 bits per heavy atom. The number of benzene rings is 8. The zero-order valence-corrected chi connectivity index (χ0v) is 88.6. The maximum Gasteiger partial charge on any atom is 0.0110 e. The second-order valence-electron chi connectivity index (χ2n) is 55.5. The van der Waals surface area contributed by atoms with E-state index < -0.39 is 0 Å². The zero-order valence-electron chi connectivity index (χ0n) is 88.6. The van der Waals surface area contributed by atoms with E-state index in [1.54, 1.807) is 33.4 Å². The molecule has 736 valence electrons. The maximum absolute atomic E-state index is 3.96. The van der Waals surface area contributed by atoms with Crippen LogP contribution in [0.1, 0.15) is 385 Å². The van der Waals surface area contributed by atoms with Crippen molar-refractivity contribution >= 4 is 54.2 Å². The summed E-state index contributed by atoms with van der Waals surface area (Å²) in [5.41, 5.74) is 17.6. The van der Waals surface area contributed by atoms with Gasteiger partial charge in [-0.25, -0.2) is 0 Å². The number of fused-ring (bicyclic) bond motifs is 24. The highest BCUT2D eigenvalue weighted by Crippen LogP contribution is 2.74. The summed E-state index contributed by atoms with van der Waals surface area (Å²) in [4.78, 5) is 0. The van der Waals surface area contributed by atoms with Crippen molar-refractivity contribution in [1.29, 1.82) is 0 Å². The van der Waals surface area contributed by atoms with E-state index in [9.17, 15) is 0 Å². The predicted octanol–water partition coefficient (Wildman–Crippen LogP) is 35.2. The molecule has 8 aromatic carbocycles. The van der Waals surface area contributed by atoms with Crippen molar-refractivity contribution in [2.24, 2.45) is 126 Å². The van der Waals surface area contributed by atoms with Crippen molar-refractivity contribution in [2.75, 3.05) is 0 Å². The molecular formula is C133H184N4. The molecule has 16 aliphatic carbocycles. The second kappa shape index (κ2) is 36.7. The second-order valence-corrected chi connectivity index (χ2v) is 55.5. The highest BCUT2D eigenvalue weighted by atomic mass is 15.0. The van der Waals surface area contributed by atoms with E-state index in [1.807, 2.05) is 0 Å². The highest BCUT2D eigenvalue weighted by molar-refractivity contribution is 5.89. The molecule has 28 atom stereocenters. The Labute approximate surface area is 833 Å². The highest BCUT2D eigenvalue weighted by Gasteiger charge is 2.65. The molecule has 4 N–H and O–H groups in total. The third kappa shape index (κ3) is 18.1. The first kappa shape index (κ1) is 98.0. The molecule has 0 radical (unpaired) electrons. The normalized spacial score (nSPS) is 39.5. The number of allylic oxidation sites excluding steroid dienone is 6. The molecule has 0 aliphatic heterocycles. The summed E-state index contributed by atoms with van der Waals surface area (Å²) in [5.74, 6) is 14.1. The summed E-state index contributed by atoms with van der Waals surface area (Å²) in [6.45, 7) is 49.2. The average molecular weight is 1840 g/mol. The van der Waals surface area contributed by atoms with Crippen LogP contribution in [0, 0.1) is 126 Å². The topological polar surface area (TPSA) is 48.1 Å². The lowest BCUT2D eigenvalue weighted by atomic mass is 9.44. The van der Waals surface area contributed by atoms with Gasteiger partial charge in [0.05, 0.1) is 0 Å². The van der Waals surface area contributed by atoms with E-state index in [-0.39, 0.29) is 29.6 Å². The van der Waals surface area contributed by atoms with Gasteiger partial charge in [-0.3, -0.25) is 0 Å². The molecule has 0 heterocycles. The summed E-state index contributed by atoms with van der Waals surface area (Å²) < 4.78 is 0. The van der Waals surface area contributed by atoms with E-state index in [0.717, 1.165) is 107 Å². The maximum atomic E-state index is 3.96. The van der Waals surface area contributed by atoms with Crippen LogP contribution in [0.4, 0.5) is 0 Å². The SMILES string of the molecule is C.CC(C)(C)N[C@@H]1CC[C@@]2(C)C(=CC[C@@H]3[C@@H]2CC[C@]2(C)C(c4ccc5ccccc5c4)=CC[C@@H]32)C1.CC(C)(C)N[C@@H]1CC[C@@]2(C)C(=CC[C@H]3[C@@H]4CC[C@H](c5ccc6ccccc6c5)[C@@]4(C)CC[C@@H]32)C1.CC(C)(C)N[C@@H]1CC[C@@]2(C)[C@@H](CC[C@@H]3[C@@H]2CC[C@]2(C)C(c4ccc5ccccc5c4)=CC[C@@H]32)C1.CC(C)(C)N[C@@H]1CC[C@@]2(C)[C@@H](CC[C@@H]3[C@@H]2CC[C@]2(C)[C@@H](c4ccc5ccccc5c4)CC[C@@H]32)C1. The van der Waals surface area contributed by atoms with Gasteiger partial charge in [0.1, 0.15) is 0 Å². The standard InChI is InChI=1S/C33H47N.2C33H45N.C33H43N.CH4/c4*1-31(2,3)34-26-16-18-32(4)25(21-26)12-13-27-29-15-14-28(33(29,5)19-17-30(27)32)24-11-10-22-8-6-7-9-23(22)20-24;/h6-11,20,25-30,34H,12-19,21H2,1-5H3;6-11,14,20,25-27,29-30,34H,12-13,15-19,21H2,1-5H3;6-12,20,26-30,34H,13-19,21H2,1-5H3;6-12,14,20,26-27,29-30,34H,13,15-19,21H2,1-5H3;1H4/t25-,26+,27-,28+,29-,30-,32-,33+;25-,26+,27-,29-,30-,32-,33+;26-,27+,28-,29+,30+,32+,33-;26-,27+,29+,30+,32+,33-;/m0011./s1. The van der Waals surface area contributed by atoms with Gasteiger partial charge in [-0.15, -0.1) is 0 Å². The van der Waals surface area contributed by atoms with Gasteiger partial charge < -0.3 is 21.3 Å². The Bertz CT molecular complexity index is 5720. The summed E-state index contributed by atoms with van der Waals surface area (Å²) in [6, 6.07) is 67.3. The van der Waals surface area contributed by atoms with Crippen molar-refractivity contribution in [3.8, 4) is 0 Å². The summed E-state index contributed by atoms with van der Waals surface area (Å²) >= 11 is 0. The van der Waals surface area contributed by atoms with E-state index in [4.69, 9.17) is 0 Å². The van der Waals surface area contributed by atoms with Crippen LogP contribution in [0.2, 0.25) is 0 Å². The van der Waals surface area contributed by atoms with Gasteiger partial charge in [-0.05, 0) is 515 Å². The molecule has 0 bridgehead atoms. The van der Waals surface area contributed by atoms with Crippen LogP contribution in [-0.2, 0) is 0 Å².